The second-order valence-corrected chi connectivity index (χ2v) is 11.0. The van der Waals surface area contributed by atoms with Gasteiger partial charge in [0.05, 0.1) is 18.4 Å². The van der Waals surface area contributed by atoms with E-state index in [0.717, 1.165) is 16.4 Å². The van der Waals surface area contributed by atoms with Gasteiger partial charge in [-0.3, -0.25) is 4.79 Å². The first-order valence-corrected chi connectivity index (χ1v) is 13.1. The molecule has 0 unspecified atom stereocenters. The van der Waals surface area contributed by atoms with Crippen molar-refractivity contribution >= 4 is 21.6 Å². The minimum Gasteiger partial charge on any atom is -0.493 e. The number of sulfonamides is 1. The van der Waals surface area contributed by atoms with Crippen LogP contribution in [0.2, 0.25) is 0 Å². The minimum absolute atomic E-state index is 0.0613. The Morgan fingerprint density at radius 3 is 2.08 bits per heavy atom. The maximum atomic E-state index is 13.3. The Balaban J connectivity index is 1.40. The second-order valence-electron chi connectivity index (χ2n) is 9.09. The molecule has 0 N–H and O–H groups in total. The molecule has 0 atom stereocenters. The number of piperidine rings is 1. The van der Waals surface area contributed by atoms with Gasteiger partial charge in [-0.1, -0.05) is 12.1 Å². The SMILES string of the molecule is O=C1N(c2ccc(OCCC(F)(F)F)cc2)CCC12CCN(S(=O)(=O)c1ccccc1OC(F)(F)F)CC2. The third-order valence-electron chi connectivity index (χ3n) is 6.69. The summed E-state index contributed by atoms with van der Waals surface area (Å²) in [5.74, 6) is -0.803. The maximum Gasteiger partial charge on any atom is 0.573 e. The minimum atomic E-state index is -5.06. The Labute approximate surface area is 215 Å². The van der Waals surface area contributed by atoms with E-state index in [0.29, 0.717) is 18.7 Å². The number of rotatable bonds is 7. The number of benzene rings is 2. The Bertz CT molecular complexity index is 1260. The number of halogens is 6. The molecule has 2 aromatic rings. The predicted molar refractivity (Wildman–Crippen MR) is 123 cm³/mol. The van der Waals surface area contributed by atoms with Crippen molar-refractivity contribution in [1.82, 2.24) is 4.31 Å². The molecule has 1 spiro atoms. The summed E-state index contributed by atoms with van der Waals surface area (Å²) >= 11 is 0. The molecular weight excluding hydrogens is 542 g/mol. The Kier molecular flexibility index (Phi) is 7.58. The number of anilines is 1. The van der Waals surface area contributed by atoms with Crippen molar-refractivity contribution in [3.8, 4) is 11.5 Å². The lowest BCUT2D eigenvalue weighted by molar-refractivity contribution is -0.275. The van der Waals surface area contributed by atoms with Crippen molar-refractivity contribution in [3.05, 3.63) is 48.5 Å². The second kappa shape index (κ2) is 10.3. The lowest BCUT2D eigenvalue weighted by Gasteiger charge is -2.37. The van der Waals surface area contributed by atoms with Crippen LogP contribution in [0.25, 0.3) is 0 Å². The van der Waals surface area contributed by atoms with E-state index in [1.165, 1.54) is 29.2 Å². The Hall–Kier alpha value is -3.00. The molecule has 2 fully saturated rings. The van der Waals surface area contributed by atoms with E-state index in [4.69, 9.17) is 4.74 Å². The average Bonchev–Trinajstić information content (AvgIpc) is 3.13. The lowest BCUT2D eigenvalue weighted by atomic mass is 9.77. The van der Waals surface area contributed by atoms with E-state index in [-0.39, 0.29) is 37.6 Å². The van der Waals surface area contributed by atoms with Gasteiger partial charge in [0.15, 0.2) is 0 Å². The highest BCUT2D eigenvalue weighted by Gasteiger charge is 2.50. The van der Waals surface area contributed by atoms with Crippen LogP contribution in [0, 0.1) is 5.41 Å². The van der Waals surface area contributed by atoms with Crippen molar-refractivity contribution in [1.29, 1.82) is 0 Å². The van der Waals surface area contributed by atoms with Crippen molar-refractivity contribution in [2.75, 3.05) is 31.1 Å². The largest absolute Gasteiger partial charge is 0.573 e. The summed E-state index contributed by atoms with van der Waals surface area (Å²) in [4.78, 5) is 14.3. The summed E-state index contributed by atoms with van der Waals surface area (Å²) in [6, 6.07) is 10.6. The molecule has 7 nitrogen and oxygen atoms in total. The molecule has 14 heteroatoms. The Morgan fingerprint density at radius 2 is 1.47 bits per heavy atom. The van der Waals surface area contributed by atoms with Crippen LogP contribution in [0.4, 0.5) is 32.0 Å². The fourth-order valence-corrected chi connectivity index (χ4v) is 6.26. The van der Waals surface area contributed by atoms with Gasteiger partial charge >= 0.3 is 12.5 Å². The molecule has 0 aliphatic carbocycles. The third kappa shape index (κ3) is 6.17. The first-order valence-electron chi connectivity index (χ1n) is 11.7. The summed E-state index contributed by atoms with van der Waals surface area (Å²) < 4.78 is 112. The third-order valence-corrected chi connectivity index (χ3v) is 8.63. The lowest BCUT2D eigenvalue weighted by Crippen LogP contribution is -2.46. The van der Waals surface area contributed by atoms with Crippen LogP contribution in [0.3, 0.4) is 0 Å². The molecule has 0 saturated carbocycles. The quantitative estimate of drug-likeness (QED) is 0.435. The van der Waals surface area contributed by atoms with Crippen LogP contribution in [-0.2, 0) is 14.8 Å². The number of nitrogens with zero attached hydrogens (tertiary/aromatic N) is 2. The number of hydrogen-bond acceptors (Lipinski definition) is 5. The average molecular weight is 567 g/mol. The molecule has 0 bridgehead atoms. The zero-order valence-electron chi connectivity index (χ0n) is 19.9. The fraction of sp³-hybridized carbons (Fsp3) is 0.458. The number of amides is 1. The number of ether oxygens (including phenoxy) is 2. The van der Waals surface area contributed by atoms with E-state index in [1.807, 2.05) is 0 Å². The standard InChI is InChI=1S/C24H24F6N2O5S/c25-23(26,27)12-16-36-18-7-5-17(6-8-18)32-15-11-22(21(32)33)9-13-31(14-10-22)38(34,35)20-4-2-1-3-19(20)37-24(28,29)30/h1-8H,9-16H2. The molecule has 2 aliphatic heterocycles. The number of alkyl halides is 6. The van der Waals surface area contributed by atoms with Crippen molar-refractivity contribution in [2.45, 2.75) is 43.1 Å². The zero-order valence-corrected chi connectivity index (χ0v) is 20.7. The highest BCUT2D eigenvalue weighted by Crippen LogP contribution is 2.44. The first-order chi connectivity index (χ1) is 17.7. The van der Waals surface area contributed by atoms with E-state index in [9.17, 15) is 39.6 Å². The zero-order chi connectivity index (χ0) is 27.8. The molecule has 208 valence electrons. The van der Waals surface area contributed by atoms with Crippen LogP contribution < -0.4 is 14.4 Å². The van der Waals surface area contributed by atoms with Crippen molar-refractivity contribution in [2.24, 2.45) is 5.41 Å². The van der Waals surface area contributed by atoms with E-state index >= 15 is 0 Å². The van der Waals surface area contributed by atoms with Gasteiger partial charge in [0.25, 0.3) is 0 Å². The first kappa shape index (κ1) is 28.0. The monoisotopic (exact) mass is 566 g/mol. The van der Waals surface area contributed by atoms with E-state index < -0.39 is 51.6 Å². The molecule has 38 heavy (non-hydrogen) atoms. The summed E-state index contributed by atoms with van der Waals surface area (Å²) in [6.45, 7) is -0.286. The normalized spacial score (nSPS) is 18.7. The van der Waals surface area contributed by atoms with Crippen LogP contribution in [0.5, 0.6) is 11.5 Å². The van der Waals surface area contributed by atoms with Gasteiger partial charge in [-0.15, -0.1) is 13.2 Å². The highest BCUT2D eigenvalue weighted by atomic mass is 32.2. The Morgan fingerprint density at radius 1 is 0.868 bits per heavy atom. The number of hydrogen-bond donors (Lipinski definition) is 0. The highest BCUT2D eigenvalue weighted by molar-refractivity contribution is 7.89. The van der Waals surface area contributed by atoms with Gasteiger partial charge in [0.2, 0.25) is 15.9 Å². The molecule has 4 rings (SSSR count). The van der Waals surface area contributed by atoms with Crippen LogP contribution in [0.1, 0.15) is 25.7 Å². The molecule has 2 aromatic carbocycles. The molecule has 0 radical (unpaired) electrons. The van der Waals surface area contributed by atoms with Crippen molar-refractivity contribution < 1.29 is 49.0 Å². The van der Waals surface area contributed by atoms with Gasteiger partial charge in [0, 0.05) is 25.3 Å². The van der Waals surface area contributed by atoms with Crippen LogP contribution >= 0.6 is 0 Å². The summed E-state index contributed by atoms with van der Waals surface area (Å²) in [5.41, 5.74) is -0.293. The van der Waals surface area contributed by atoms with E-state index in [2.05, 4.69) is 4.74 Å². The molecule has 1 amide bonds. The predicted octanol–water partition coefficient (Wildman–Crippen LogP) is 5.12. The van der Waals surface area contributed by atoms with Crippen molar-refractivity contribution in [3.63, 3.8) is 0 Å². The van der Waals surface area contributed by atoms with Gasteiger partial charge in [-0.05, 0) is 55.7 Å². The van der Waals surface area contributed by atoms with Gasteiger partial charge in [0.1, 0.15) is 16.4 Å². The number of carbonyl (C=O) groups is 1. The van der Waals surface area contributed by atoms with Crippen LogP contribution in [-0.4, -0.2) is 57.4 Å². The maximum absolute atomic E-state index is 13.3. The molecule has 2 saturated heterocycles. The molecule has 2 aliphatic rings. The number of para-hydroxylation sites is 1. The molecular formula is C24H24F6N2O5S. The van der Waals surface area contributed by atoms with Gasteiger partial charge in [-0.25, -0.2) is 8.42 Å². The van der Waals surface area contributed by atoms with Gasteiger partial charge < -0.3 is 14.4 Å². The molecule has 0 aromatic heterocycles. The van der Waals surface area contributed by atoms with Gasteiger partial charge in [-0.2, -0.15) is 17.5 Å². The fourth-order valence-electron chi connectivity index (χ4n) is 4.70. The van der Waals surface area contributed by atoms with E-state index in [1.54, 1.807) is 12.1 Å². The number of carbonyl (C=O) groups excluding carboxylic acids is 1. The summed E-state index contributed by atoms with van der Waals surface area (Å²) in [5, 5.41) is 0. The summed E-state index contributed by atoms with van der Waals surface area (Å²) in [6.07, 6.45) is -9.66. The smallest absolute Gasteiger partial charge is 0.493 e. The summed E-state index contributed by atoms with van der Waals surface area (Å²) in [7, 11) is -4.32. The molecule has 2 heterocycles. The van der Waals surface area contributed by atoms with Crippen LogP contribution in [0.15, 0.2) is 53.4 Å². The topological polar surface area (TPSA) is 76.2 Å².